The van der Waals surface area contributed by atoms with Crippen molar-refractivity contribution in [2.45, 2.75) is 11.1 Å². The van der Waals surface area contributed by atoms with Crippen LogP contribution in [0.1, 0.15) is 5.69 Å². The van der Waals surface area contributed by atoms with Crippen molar-refractivity contribution in [2.75, 3.05) is 4.72 Å². The Morgan fingerprint density at radius 3 is 2.26 bits per heavy atom. The van der Waals surface area contributed by atoms with Crippen molar-refractivity contribution in [3.8, 4) is 11.3 Å². The maximum absolute atomic E-state index is 13.0. The van der Waals surface area contributed by atoms with Crippen LogP contribution in [0.5, 0.6) is 0 Å². The number of aromatic nitrogens is 2. The molecule has 1 aromatic heterocycles. The molecule has 0 radical (unpaired) electrons. The molecule has 3 rings (SSSR count). The lowest BCUT2D eigenvalue weighted by Crippen LogP contribution is -2.23. The van der Waals surface area contributed by atoms with Crippen molar-refractivity contribution in [3.63, 3.8) is 0 Å². The number of nitrogens with zero attached hydrogens (tertiary/aromatic N) is 2. The molecule has 0 spiro atoms. The molecule has 2 aromatic carbocycles. The van der Waals surface area contributed by atoms with Gasteiger partial charge in [0.1, 0.15) is 16.3 Å². The van der Waals surface area contributed by atoms with E-state index in [1.807, 2.05) is 0 Å². The fraction of sp³-hybridized carbons (Fsp3) is 0.111. The van der Waals surface area contributed by atoms with Crippen LogP contribution in [0.4, 0.5) is 18.9 Å². The molecule has 31 heavy (non-hydrogen) atoms. The van der Waals surface area contributed by atoms with Crippen molar-refractivity contribution >= 4 is 50.5 Å². The third kappa shape index (κ3) is 4.82. The molecule has 0 atom stereocenters. The molecule has 0 saturated carbocycles. The van der Waals surface area contributed by atoms with Crippen LogP contribution in [0.3, 0.4) is 0 Å². The molecule has 0 aliphatic rings. The van der Waals surface area contributed by atoms with Gasteiger partial charge < -0.3 is 0 Å². The predicted octanol–water partition coefficient (Wildman–Crippen LogP) is 5.23. The molecule has 0 amide bonds. The Balaban J connectivity index is 2.16. The van der Waals surface area contributed by atoms with Gasteiger partial charge in [0.15, 0.2) is 0 Å². The van der Waals surface area contributed by atoms with E-state index in [4.69, 9.17) is 34.8 Å². The topological polar surface area (TPSA) is 81.1 Å². The van der Waals surface area contributed by atoms with E-state index < -0.39 is 37.9 Å². The summed E-state index contributed by atoms with van der Waals surface area (Å²) in [4.78, 5) is 11.8. The molecule has 0 bridgehead atoms. The number of sulfonamides is 1. The van der Waals surface area contributed by atoms with Crippen LogP contribution in [0.25, 0.3) is 11.3 Å². The Morgan fingerprint density at radius 2 is 1.65 bits per heavy atom. The molecule has 13 heteroatoms. The molecule has 6 nitrogen and oxygen atoms in total. The Hall–Kier alpha value is -2.27. The molecule has 3 aromatic rings. The van der Waals surface area contributed by atoms with E-state index in [9.17, 15) is 26.4 Å². The van der Waals surface area contributed by atoms with E-state index in [0.717, 1.165) is 19.2 Å². The summed E-state index contributed by atoms with van der Waals surface area (Å²) in [5.74, 6) is 0. The number of hydrogen-bond acceptors (Lipinski definition) is 4. The average molecular weight is 513 g/mol. The zero-order chi connectivity index (χ0) is 23.1. The molecule has 1 N–H and O–H groups in total. The minimum Gasteiger partial charge on any atom is -0.287 e. The number of para-hydroxylation sites is 1. The SMILES string of the molecule is Cn1nc(-c2cc(S(=O)(=O)Nc3ccccc3Cl)c(Cl)cc2Cl)c(=O)cc1C(F)(F)F. The first-order chi connectivity index (χ1) is 14.3. The second-order valence-corrected chi connectivity index (χ2v) is 9.08. The second kappa shape index (κ2) is 8.34. The molecule has 1 heterocycles. The van der Waals surface area contributed by atoms with Gasteiger partial charge in [-0.3, -0.25) is 14.2 Å². The van der Waals surface area contributed by atoms with E-state index in [2.05, 4.69) is 9.82 Å². The maximum Gasteiger partial charge on any atom is 0.433 e. The molecule has 0 aliphatic heterocycles. The van der Waals surface area contributed by atoms with Gasteiger partial charge in [-0.25, -0.2) is 8.42 Å². The lowest BCUT2D eigenvalue weighted by molar-refractivity contribution is -0.144. The van der Waals surface area contributed by atoms with E-state index in [0.29, 0.717) is 10.7 Å². The minimum atomic E-state index is -4.81. The summed E-state index contributed by atoms with van der Waals surface area (Å²) < 4.78 is 67.5. The second-order valence-electron chi connectivity index (χ2n) is 6.21. The van der Waals surface area contributed by atoms with Gasteiger partial charge in [0.05, 0.1) is 20.8 Å². The van der Waals surface area contributed by atoms with E-state index in [1.54, 1.807) is 12.1 Å². The fourth-order valence-corrected chi connectivity index (χ4v) is 4.83. The molecule has 0 fully saturated rings. The van der Waals surface area contributed by atoms with Crippen LogP contribution in [0.15, 0.2) is 52.2 Å². The predicted molar refractivity (Wildman–Crippen MR) is 112 cm³/mol. The number of aryl methyl sites for hydroxylation is 1. The number of benzene rings is 2. The highest BCUT2D eigenvalue weighted by atomic mass is 35.5. The van der Waals surface area contributed by atoms with Crippen LogP contribution in [-0.2, 0) is 23.2 Å². The third-order valence-corrected chi connectivity index (χ3v) is 6.55. The number of anilines is 1. The molecule has 0 aliphatic carbocycles. The summed E-state index contributed by atoms with van der Waals surface area (Å²) in [5, 5.41) is 3.31. The van der Waals surface area contributed by atoms with Crippen molar-refractivity contribution < 1.29 is 21.6 Å². The van der Waals surface area contributed by atoms with Crippen molar-refractivity contribution in [2.24, 2.45) is 7.05 Å². The van der Waals surface area contributed by atoms with Crippen LogP contribution in [0.2, 0.25) is 15.1 Å². The standard InChI is InChI=1S/C18H11Cl3F3N3O3S/c1-27-16(18(22,23)24)8-14(28)17(25-27)9-6-15(12(21)7-11(9)20)31(29,30)26-13-5-3-2-4-10(13)19/h2-8,26H,1H3. The number of nitrogens with one attached hydrogen (secondary N) is 1. The first-order valence-corrected chi connectivity index (χ1v) is 10.9. The molecular weight excluding hydrogens is 502 g/mol. The monoisotopic (exact) mass is 511 g/mol. The fourth-order valence-electron chi connectivity index (χ4n) is 2.65. The van der Waals surface area contributed by atoms with E-state index >= 15 is 0 Å². The normalized spacial score (nSPS) is 12.1. The van der Waals surface area contributed by atoms with Gasteiger partial charge in [-0.1, -0.05) is 46.9 Å². The largest absolute Gasteiger partial charge is 0.433 e. The number of alkyl halides is 3. The summed E-state index contributed by atoms with van der Waals surface area (Å²) in [6.07, 6.45) is -4.81. The minimum absolute atomic E-state index is 0.0697. The van der Waals surface area contributed by atoms with Gasteiger partial charge in [-0.05, 0) is 24.3 Å². The Kier molecular flexibility index (Phi) is 6.30. The summed E-state index contributed by atoms with van der Waals surface area (Å²) in [6, 6.07) is 8.39. The summed E-state index contributed by atoms with van der Waals surface area (Å²) in [6.45, 7) is 0. The molecular formula is C18H11Cl3F3N3O3S. The van der Waals surface area contributed by atoms with Gasteiger partial charge in [-0.15, -0.1) is 0 Å². The van der Waals surface area contributed by atoms with Crippen LogP contribution < -0.4 is 10.2 Å². The average Bonchev–Trinajstić information content (AvgIpc) is 2.64. The molecule has 0 unspecified atom stereocenters. The van der Waals surface area contributed by atoms with Crippen LogP contribution >= 0.6 is 34.8 Å². The van der Waals surface area contributed by atoms with Crippen molar-refractivity contribution in [3.05, 3.63) is 73.4 Å². The zero-order valence-electron chi connectivity index (χ0n) is 15.3. The smallest absolute Gasteiger partial charge is 0.287 e. The third-order valence-electron chi connectivity index (χ3n) is 4.07. The summed E-state index contributed by atoms with van der Waals surface area (Å²) in [5.41, 5.74) is -3.00. The zero-order valence-corrected chi connectivity index (χ0v) is 18.4. The van der Waals surface area contributed by atoms with Gasteiger partial charge >= 0.3 is 6.18 Å². The summed E-state index contributed by atoms with van der Waals surface area (Å²) in [7, 11) is -3.32. The first kappa shape index (κ1) is 23.4. The van der Waals surface area contributed by atoms with E-state index in [1.165, 1.54) is 12.1 Å². The highest BCUT2D eigenvalue weighted by Crippen LogP contribution is 2.35. The van der Waals surface area contributed by atoms with Crippen molar-refractivity contribution in [1.82, 2.24) is 9.78 Å². The number of halogens is 6. The maximum atomic E-state index is 13.0. The Bertz CT molecular complexity index is 1340. The lowest BCUT2D eigenvalue weighted by atomic mass is 10.1. The number of rotatable bonds is 4. The highest BCUT2D eigenvalue weighted by molar-refractivity contribution is 7.92. The van der Waals surface area contributed by atoms with Gasteiger partial charge in [0.2, 0.25) is 5.43 Å². The summed E-state index contributed by atoms with van der Waals surface area (Å²) >= 11 is 18.1. The molecule has 0 saturated heterocycles. The lowest BCUT2D eigenvalue weighted by Gasteiger charge is -2.15. The van der Waals surface area contributed by atoms with Crippen LogP contribution in [0, 0.1) is 0 Å². The van der Waals surface area contributed by atoms with E-state index in [-0.39, 0.29) is 26.3 Å². The Morgan fingerprint density at radius 1 is 1.00 bits per heavy atom. The van der Waals surface area contributed by atoms with Gasteiger partial charge in [-0.2, -0.15) is 18.3 Å². The van der Waals surface area contributed by atoms with Gasteiger partial charge in [0.25, 0.3) is 10.0 Å². The van der Waals surface area contributed by atoms with Crippen molar-refractivity contribution in [1.29, 1.82) is 0 Å². The number of hydrogen-bond donors (Lipinski definition) is 1. The first-order valence-electron chi connectivity index (χ1n) is 8.23. The van der Waals surface area contributed by atoms with Gasteiger partial charge in [0, 0.05) is 18.7 Å². The Labute approximate surface area is 189 Å². The highest BCUT2D eigenvalue weighted by Gasteiger charge is 2.35. The van der Waals surface area contributed by atoms with Crippen LogP contribution in [-0.4, -0.2) is 18.2 Å². The molecule has 164 valence electrons. The quantitative estimate of drug-likeness (QED) is 0.519.